The van der Waals surface area contributed by atoms with Crippen molar-refractivity contribution in [1.82, 2.24) is 0 Å². The monoisotopic (exact) mass is 458 g/mol. The van der Waals surface area contributed by atoms with Crippen LogP contribution in [-0.2, 0) is 11.2 Å². The SMILES string of the molecule is O=C(O)CCCCCC[C@H]1[C@H](Cl)CC(O)[C@@H]1c1ccc(C(O)CCc2ccccc2)cc1. The molecule has 0 spiro atoms. The quantitative estimate of drug-likeness (QED) is 0.275. The number of hydrogen-bond donors (Lipinski definition) is 3. The number of carboxylic acids is 1. The minimum atomic E-state index is -0.738. The summed E-state index contributed by atoms with van der Waals surface area (Å²) in [5.74, 6) is -0.523. The molecule has 0 aromatic heterocycles. The number of carboxylic acid groups (broad SMARTS) is 1. The lowest BCUT2D eigenvalue weighted by molar-refractivity contribution is -0.137. The standard InChI is InChI=1S/C27H35ClO4/c28-23-18-25(30)27(22(23)10-6-1-2-7-11-26(31)32)21-15-13-20(14-16-21)24(29)17-12-19-8-4-3-5-9-19/h3-5,8-9,13-16,22-25,27,29-30H,1-2,6-7,10-12,17-18H2,(H,31,32)/t22-,23+,24?,25?,27+/m0/s1. The molecule has 32 heavy (non-hydrogen) atoms. The van der Waals surface area contributed by atoms with Crippen molar-refractivity contribution in [3.63, 3.8) is 0 Å². The lowest BCUT2D eigenvalue weighted by Gasteiger charge is -2.24. The molecular formula is C27H35ClO4. The minimum absolute atomic E-state index is 0.00651. The van der Waals surface area contributed by atoms with Gasteiger partial charge in [-0.1, -0.05) is 73.9 Å². The maximum atomic E-state index is 10.7. The molecule has 1 aliphatic carbocycles. The molecule has 0 aliphatic heterocycles. The highest BCUT2D eigenvalue weighted by atomic mass is 35.5. The van der Waals surface area contributed by atoms with Crippen LogP contribution in [0.3, 0.4) is 0 Å². The molecule has 0 saturated heterocycles. The Bertz CT molecular complexity index is 823. The molecule has 0 radical (unpaired) electrons. The Morgan fingerprint density at radius 2 is 1.69 bits per heavy atom. The van der Waals surface area contributed by atoms with Crippen LogP contribution in [0.1, 0.15) is 80.1 Å². The van der Waals surface area contributed by atoms with Gasteiger partial charge in [-0.15, -0.1) is 11.6 Å². The third-order valence-corrected chi connectivity index (χ3v) is 7.24. The van der Waals surface area contributed by atoms with Crippen LogP contribution in [0.5, 0.6) is 0 Å². The van der Waals surface area contributed by atoms with E-state index in [1.54, 1.807) is 0 Å². The summed E-state index contributed by atoms with van der Waals surface area (Å²) in [6.45, 7) is 0. The van der Waals surface area contributed by atoms with E-state index < -0.39 is 18.2 Å². The lowest BCUT2D eigenvalue weighted by Crippen LogP contribution is -2.19. The molecule has 2 aromatic carbocycles. The summed E-state index contributed by atoms with van der Waals surface area (Å²) in [6.07, 6.45) is 5.89. The van der Waals surface area contributed by atoms with Gasteiger partial charge in [0.05, 0.1) is 12.2 Å². The molecule has 5 atom stereocenters. The predicted octanol–water partition coefficient (Wildman–Crippen LogP) is 5.85. The van der Waals surface area contributed by atoms with Crippen LogP contribution < -0.4 is 0 Å². The molecule has 1 saturated carbocycles. The summed E-state index contributed by atoms with van der Waals surface area (Å²) < 4.78 is 0. The van der Waals surface area contributed by atoms with E-state index in [0.29, 0.717) is 19.3 Å². The maximum Gasteiger partial charge on any atom is 0.303 e. The van der Waals surface area contributed by atoms with Crippen LogP contribution in [0.25, 0.3) is 0 Å². The predicted molar refractivity (Wildman–Crippen MR) is 128 cm³/mol. The molecule has 0 heterocycles. The lowest BCUT2D eigenvalue weighted by atomic mass is 9.83. The summed E-state index contributed by atoms with van der Waals surface area (Å²) >= 11 is 6.60. The number of aryl methyl sites for hydroxylation is 1. The summed E-state index contributed by atoms with van der Waals surface area (Å²) in [5.41, 5.74) is 3.20. The zero-order valence-corrected chi connectivity index (χ0v) is 19.3. The van der Waals surface area contributed by atoms with Crippen LogP contribution in [0.4, 0.5) is 0 Å². The molecule has 2 aromatic rings. The minimum Gasteiger partial charge on any atom is -0.481 e. The number of alkyl halides is 1. The van der Waals surface area contributed by atoms with E-state index in [1.165, 1.54) is 5.56 Å². The zero-order chi connectivity index (χ0) is 22.9. The third kappa shape index (κ3) is 7.06. The van der Waals surface area contributed by atoms with E-state index in [-0.39, 0.29) is 23.6 Å². The van der Waals surface area contributed by atoms with Crippen molar-refractivity contribution in [1.29, 1.82) is 0 Å². The summed E-state index contributed by atoms with van der Waals surface area (Å²) in [6, 6.07) is 18.2. The number of carbonyl (C=O) groups is 1. The van der Waals surface area contributed by atoms with E-state index in [0.717, 1.165) is 43.2 Å². The summed E-state index contributed by atoms with van der Waals surface area (Å²) in [5, 5.41) is 30.0. The topological polar surface area (TPSA) is 77.8 Å². The van der Waals surface area contributed by atoms with Crippen LogP contribution in [-0.4, -0.2) is 32.8 Å². The Hall–Kier alpha value is -1.88. The fraction of sp³-hybridized carbons (Fsp3) is 0.519. The second-order valence-electron chi connectivity index (χ2n) is 9.06. The van der Waals surface area contributed by atoms with Crippen molar-refractivity contribution < 1.29 is 20.1 Å². The second-order valence-corrected chi connectivity index (χ2v) is 9.62. The number of benzene rings is 2. The highest BCUT2D eigenvalue weighted by Gasteiger charge is 2.41. The van der Waals surface area contributed by atoms with Gasteiger partial charge < -0.3 is 15.3 Å². The Morgan fingerprint density at radius 3 is 2.38 bits per heavy atom. The normalized spacial score (nSPS) is 23.8. The molecule has 1 aliphatic rings. The average Bonchev–Trinajstić information content (AvgIpc) is 3.07. The van der Waals surface area contributed by atoms with Gasteiger partial charge in [-0.2, -0.15) is 0 Å². The first kappa shape index (κ1) is 24.8. The van der Waals surface area contributed by atoms with E-state index in [9.17, 15) is 15.0 Å². The number of aliphatic hydroxyl groups is 2. The van der Waals surface area contributed by atoms with Crippen LogP contribution >= 0.6 is 11.6 Å². The van der Waals surface area contributed by atoms with Crippen molar-refractivity contribution >= 4 is 17.6 Å². The van der Waals surface area contributed by atoms with Crippen molar-refractivity contribution in [2.45, 2.75) is 81.3 Å². The fourth-order valence-corrected chi connectivity index (χ4v) is 5.42. The van der Waals surface area contributed by atoms with Gasteiger partial charge in [-0.25, -0.2) is 0 Å². The first-order valence-electron chi connectivity index (χ1n) is 11.8. The molecule has 0 bridgehead atoms. The van der Waals surface area contributed by atoms with Gasteiger partial charge in [0.2, 0.25) is 0 Å². The Labute approximate surface area is 196 Å². The third-order valence-electron chi connectivity index (χ3n) is 6.74. The number of aliphatic hydroxyl groups excluding tert-OH is 2. The van der Waals surface area contributed by atoms with Crippen molar-refractivity contribution in [2.75, 3.05) is 0 Å². The largest absolute Gasteiger partial charge is 0.481 e. The number of aliphatic carboxylic acids is 1. The first-order chi connectivity index (χ1) is 15.5. The molecule has 2 unspecified atom stereocenters. The van der Waals surface area contributed by atoms with E-state index >= 15 is 0 Å². The van der Waals surface area contributed by atoms with E-state index in [4.69, 9.17) is 16.7 Å². The van der Waals surface area contributed by atoms with Crippen molar-refractivity contribution in [3.05, 3.63) is 71.3 Å². The average molecular weight is 459 g/mol. The van der Waals surface area contributed by atoms with Gasteiger partial charge in [0.25, 0.3) is 0 Å². The Kier molecular flexibility index (Phi) is 9.58. The summed E-state index contributed by atoms with van der Waals surface area (Å²) in [4.78, 5) is 10.6. The van der Waals surface area contributed by atoms with Gasteiger partial charge in [-0.05, 0) is 54.7 Å². The van der Waals surface area contributed by atoms with Gasteiger partial charge in [-0.3, -0.25) is 4.79 Å². The molecule has 174 valence electrons. The fourth-order valence-electron chi connectivity index (χ4n) is 4.96. The maximum absolute atomic E-state index is 10.7. The number of hydrogen-bond acceptors (Lipinski definition) is 3. The molecule has 1 fully saturated rings. The summed E-state index contributed by atoms with van der Waals surface area (Å²) in [7, 11) is 0. The molecule has 4 nitrogen and oxygen atoms in total. The van der Waals surface area contributed by atoms with Crippen LogP contribution in [0.15, 0.2) is 54.6 Å². The molecule has 3 N–H and O–H groups in total. The van der Waals surface area contributed by atoms with Crippen molar-refractivity contribution in [2.24, 2.45) is 5.92 Å². The van der Waals surface area contributed by atoms with Crippen LogP contribution in [0.2, 0.25) is 0 Å². The molecular weight excluding hydrogens is 424 g/mol. The molecule has 5 heteroatoms. The van der Waals surface area contributed by atoms with Crippen LogP contribution in [0, 0.1) is 5.92 Å². The molecule has 0 amide bonds. The van der Waals surface area contributed by atoms with Gasteiger partial charge >= 0.3 is 5.97 Å². The first-order valence-corrected chi connectivity index (χ1v) is 12.2. The highest BCUT2D eigenvalue weighted by molar-refractivity contribution is 6.21. The Balaban J connectivity index is 1.54. The van der Waals surface area contributed by atoms with Gasteiger partial charge in [0.1, 0.15) is 0 Å². The van der Waals surface area contributed by atoms with Gasteiger partial charge in [0.15, 0.2) is 0 Å². The second kappa shape index (κ2) is 12.4. The molecule has 3 rings (SSSR count). The van der Waals surface area contributed by atoms with E-state index in [2.05, 4.69) is 12.1 Å². The van der Waals surface area contributed by atoms with Gasteiger partial charge in [0, 0.05) is 17.7 Å². The Morgan fingerprint density at radius 1 is 1.00 bits per heavy atom. The number of halogens is 1. The zero-order valence-electron chi connectivity index (χ0n) is 18.6. The van der Waals surface area contributed by atoms with Crippen molar-refractivity contribution in [3.8, 4) is 0 Å². The highest BCUT2D eigenvalue weighted by Crippen LogP contribution is 2.45. The van der Waals surface area contributed by atoms with E-state index in [1.807, 2.05) is 42.5 Å². The number of rotatable bonds is 12. The smallest absolute Gasteiger partial charge is 0.303 e. The number of unbranched alkanes of at least 4 members (excludes halogenated alkanes) is 3.